The number of hydrogen-bond donors (Lipinski definition) is 0. The van der Waals surface area contributed by atoms with Gasteiger partial charge in [0.25, 0.3) is 0 Å². The number of benzene rings is 1. The Bertz CT molecular complexity index is 1290. The first-order valence-corrected chi connectivity index (χ1v) is 10.8. The summed E-state index contributed by atoms with van der Waals surface area (Å²) < 4.78 is 65.6. The summed E-state index contributed by atoms with van der Waals surface area (Å²) in [4.78, 5) is 4.78. The Morgan fingerprint density at radius 3 is 2.09 bits per heavy atom. The molecule has 1 aromatic rings. The van der Waals surface area contributed by atoms with E-state index in [2.05, 4.69) is 4.85 Å². The van der Waals surface area contributed by atoms with Gasteiger partial charge in [-0.05, 0) is 51.0 Å². The Balaban J connectivity index is 1.56. The van der Waals surface area contributed by atoms with Gasteiger partial charge in [-0.2, -0.15) is 10.5 Å². The van der Waals surface area contributed by atoms with E-state index in [4.69, 9.17) is 21.8 Å². The fourth-order valence-corrected chi connectivity index (χ4v) is 5.88. The normalized spacial score (nSPS) is 28.0. The largest absolute Gasteiger partial charge is 0.493 e. The van der Waals surface area contributed by atoms with E-state index < -0.39 is 45.7 Å². The number of allylic oxidation sites excluding steroid dienone is 1. The molecule has 1 aromatic carbocycles. The lowest BCUT2D eigenvalue weighted by Gasteiger charge is -2.21. The van der Waals surface area contributed by atoms with Crippen molar-refractivity contribution in [3.05, 3.63) is 68.9 Å². The second-order valence-corrected chi connectivity index (χ2v) is 9.49. The molecule has 4 atom stereocenters. The molecule has 0 aromatic heterocycles. The SMILES string of the molecule is [C-]#[N+]C1=C(/C=C/c2c(F)c(F)c(N3C4C5CCC(C5)C43)c(F)c2F)C(C)(C)OC1=C(C#N)C#N. The third-order valence-electron chi connectivity index (χ3n) is 7.37. The predicted octanol–water partition coefficient (Wildman–Crippen LogP) is 5.53. The van der Waals surface area contributed by atoms with Crippen LogP contribution in [0.2, 0.25) is 0 Å². The van der Waals surface area contributed by atoms with Gasteiger partial charge in [0.1, 0.15) is 23.4 Å². The van der Waals surface area contributed by atoms with Gasteiger partial charge in [0.15, 0.2) is 34.6 Å². The minimum Gasteiger partial charge on any atom is -0.493 e. The smallest absolute Gasteiger partial charge is 0.237 e. The number of ether oxygens (including phenoxy) is 1. The summed E-state index contributed by atoms with van der Waals surface area (Å²) in [5, 5.41) is 18.3. The lowest BCUT2D eigenvalue weighted by molar-refractivity contribution is 0.0954. The molecule has 2 heterocycles. The predicted molar refractivity (Wildman–Crippen MR) is 113 cm³/mol. The summed E-state index contributed by atoms with van der Waals surface area (Å²) in [5.74, 6) is -5.56. The summed E-state index contributed by atoms with van der Waals surface area (Å²) in [5.41, 5.74) is -3.31. The molecule has 2 aliphatic carbocycles. The standard InChI is InChI=1S/C25H18F4N4O/c1-25(2)15(20(32-3)24(34-25)13(9-30)10-31)7-6-14-16(26)18(28)23(19(29)17(14)27)33-21-11-4-5-12(8-11)22(21)33/h6-7,11-12,21-22H,4-5,8H2,1-2H3/b7-6+. The van der Waals surface area contributed by atoms with Gasteiger partial charge in [-0.1, -0.05) is 6.08 Å². The first kappa shape index (κ1) is 22.0. The zero-order chi connectivity index (χ0) is 24.5. The molecule has 0 spiro atoms. The quantitative estimate of drug-likeness (QED) is 0.193. The summed E-state index contributed by atoms with van der Waals surface area (Å²) in [6.07, 6.45) is 4.89. The highest BCUT2D eigenvalue weighted by molar-refractivity contribution is 5.68. The van der Waals surface area contributed by atoms with E-state index in [-0.39, 0.29) is 29.1 Å². The molecular weight excluding hydrogens is 448 g/mol. The Kier molecular flexibility index (Phi) is 4.78. The Hall–Kier alpha value is -3.77. The maximum atomic E-state index is 15.0. The highest BCUT2D eigenvalue weighted by Crippen LogP contribution is 2.60. The first-order chi connectivity index (χ1) is 16.2. The van der Waals surface area contributed by atoms with Crippen LogP contribution in [-0.2, 0) is 4.74 Å². The van der Waals surface area contributed by atoms with Crippen molar-refractivity contribution < 1.29 is 22.3 Å². The summed E-state index contributed by atoms with van der Waals surface area (Å²) in [7, 11) is 0. The Morgan fingerprint density at radius 1 is 1.03 bits per heavy atom. The van der Waals surface area contributed by atoms with Crippen molar-refractivity contribution in [1.29, 1.82) is 10.5 Å². The van der Waals surface area contributed by atoms with Crippen molar-refractivity contribution in [3.63, 3.8) is 0 Å². The molecular formula is C25H18F4N4O. The highest BCUT2D eigenvalue weighted by Gasteiger charge is 2.65. The second kappa shape index (κ2) is 7.37. The van der Waals surface area contributed by atoms with Crippen LogP contribution in [0, 0.1) is 64.3 Å². The molecule has 9 heteroatoms. The first-order valence-electron chi connectivity index (χ1n) is 10.8. The molecule has 1 saturated heterocycles. The molecule has 0 amide bonds. The third kappa shape index (κ3) is 2.88. The van der Waals surface area contributed by atoms with Gasteiger partial charge < -0.3 is 9.64 Å². The number of nitrogens with zero attached hydrogens (tertiary/aromatic N) is 4. The number of halogens is 4. The van der Waals surface area contributed by atoms with E-state index in [1.165, 1.54) is 18.7 Å². The van der Waals surface area contributed by atoms with Crippen LogP contribution in [0.15, 0.2) is 28.7 Å². The fourth-order valence-electron chi connectivity index (χ4n) is 5.88. The zero-order valence-electron chi connectivity index (χ0n) is 18.3. The van der Waals surface area contributed by atoms with Gasteiger partial charge in [0, 0.05) is 5.57 Å². The van der Waals surface area contributed by atoms with Crippen LogP contribution in [0.3, 0.4) is 0 Å². The minimum atomic E-state index is -1.52. The number of hydrogen-bond acceptors (Lipinski definition) is 4. The molecule has 5 nitrogen and oxygen atoms in total. The van der Waals surface area contributed by atoms with Crippen molar-refractivity contribution in [3.8, 4) is 12.1 Å². The number of rotatable bonds is 3. The van der Waals surface area contributed by atoms with E-state index >= 15 is 8.78 Å². The van der Waals surface area contributed by atoms with Crippen molar-refractivity contribution in [2.24, 2.45) is 11.8 Å². The maximum absolute atomic E-state index is 15.0. The van der Waals surface area contributed by atoms with Gasteiger partial charge in [0.05, 0.1) is 24.2 Å². The molecule has 34 heavy (non-hydrogen) atoms. The van der Waals surface area contributed by atoms with Crippen molar-refractivity contribution in [2.45, 2.75) is 50.8 Å². The van der Waals surface area contributed by atoms with E-state index in [0.717, 1.165) is 31.4 Å². The van der Waals surface area contributed by atoms with Gasteiger partial charge >= 0.3 is 0 Å². The average molecular weight is 466 g/mol. The molecule has 4 unspecified atom stereocenters. The van der Waals surface area contributed by atoms with Crippen LogP contribution < -0.4 is 4.90 Å². The highest BCUT2D eigenvalue weighted by atomic mass is 19.2. The van der Waals surface area contributed by atoms with Crippen molar-refractivity contribution in [1.82, 2.24) is 0 Å². The van der Waals surface area contributed by atoms with Crippen LogP contribution in [0.1, 0.15) is 38.7 Å². The molecule has 0 radical (unpaired) electrons. The molecule has 172 valence electrons. The van der Waals surface area contributed by atoms with E-state index in [0.29, 0.717) is 11.8 Å². The van der Waals surface area contributed by atoms with Crippen LogP contribution in [0.25, 0.3) is 10.9 Å². The molecule has 4 aliphatic rings. The second-order valence-electron chi connectivity index (χ2n) is 9.49. The van der Waals surface area contributed by atoms with E-state index in [9.17, 15) is 8.78 Å². The van der Waals surface area contributed by atoms with Gasteiger partial charge in [0.2, 0.25) is 5.70 Å². The van der Waals surface area contributed by atoms with Gasteiger partial charge in [-0.3, -0.25) is 0 Å². The fraction of sp³-hybridized carbons (Fsp3) is 0.400. The van der Waals surface area contributed by atoms with Crippen LogP contribution in [0.5, 0.6) is 0 Å². The number of nitriles is 2. The molecule has 0 N–H and O–H groups in total. The summed E-state index contributed by atoms with van der Waals surface area (Å²) in [6, 6.07) is 3.15. The Labute approximate surface area is 193 Å². The molecule has 2 aliphatic heterocycles. The summed E-state index contributed by atoms with van der Waals surface area (Å²) >= 11 is 0. The Morgan fingerprint density at radius 2 is 1.59 bits per heavy atom. The average Bonchev–Trinajstić information content (AvgIpc) is 3.09. The maximum Gasteiger partial charge on any atom is 0.237 e. The molecule has 2 bridgehead atoms. The topological polar surface area (TPSA) is 64.2 Å². The third-order valence-corrected chi connectivity index (χ3v) is 7.37. The van der Waals surface area contributed by atoms with Crippen LogP contribution >= 0.6 is 0 Å². The van der Waals surface area contributed by atoms with Gasteiger partial charge in [-0.15, -0.1) is 0 Å². The molecule has 2 saturated carbocycles. The zero-order valence-corrected chi connectivity index (χ0v) is 18.3. The monoisotopic (exact) mass is 466 g/mol. The van der Waals surface area contributed by atoms with E-state index in [1.54, 1.807) is 12.1 Å². The van der Waals surface area contributed by atoms with Crippen molar-refractivity contribution >= 4 is 11.8 Å². The van der Waals surface area contributed by atoms with Gasteiger partial charge in [-0.25, -0.2) is 22.4 Å². The number of piperidine rings is 1. The molecule has 5 rings (SSSR count). The van der Waals surface area contributed by atoms with Crippen LogP contribution in [-0.4, -0.2) is 17.7 Å². The number of anilines is 1. The van der Waals surface area contributed by atoms with Crippen molar-refractivity contribution in [2.75, 3.05) is 4.90 Å². The van der Waals surface area contributed by atoms with E-state index in [1.807, 2.05) is 0 Å². The molecule has 3 fully saturated rings. The lowest BCUT2D eigenvalue weighted by atomic mass is 9.96. The lowest BCUT2D eigenvalue weighted by Crippen LogP contribution is -2.20. The summed E-state index contributed by atoms with van der Waals surface area (Å²) in [6.45, 7) is 10.5. The minimum absolute atomic E-state index is 0.0644. The van der Waals surface area contributed by atoms with Crippen LogP contribution in [0.4, 0.5) is 23.2 Å². The number of fused-ring (bicyclic) bond motifs is 5.